The van der Waals surface area contributed by atoms with Gasteiger partial charge in [0.15, 0.2) is 0 Å². The summed E-state index contributed by atoms with van der Waals surface area (Å²) in [5.41, 5.74) is 0.673. The van der Waals surface area contributed by atoms with Crippen molar-refractivity contribution in [2.45, 2.75) is 64.3 Å². The molecule has 6 rings (SSSR count). The fraction of sp³-hybridized carbons (Fsp3) is 0.680. The van der Waals surface area contributed by atoms with E-state index < -0.39 is 0 Å². The lowest BCUT2D eigenvalue weighted by Gasteiger charge is -2.55. The van der Waals surface area contributed by atoms with Crippen molar-refractivity contribution in [1.29, 1.82) is 0 Å². The molecule has 0 heterocycles. The number of rotatable bonds is 7. The molecule has 5 nitrogen and oxygen atoms in total. The van der Waals surface area contributed by atoms with Crippen LogP contribution < -0.4 is 15.0 Å². The molecule has 1 aromatic carbocycles. The minimum Gasteiger partial charge on any atom is -0.497 e. The second-order valence-corrected chi connectivity index (χ2v) is 10.4. The summed E-state index contributed by atoms with van der Waals surface area (Å²) < 4.78 is 5.27. The largest absolute Gasteiger partial charge is 0.497 e. The Balaban J connectivity index is 1.28. The molecule has 5 heteroatoms. The zero-order valence-corrected chi connectivity index (χ0v) is 18.2. The van der Waals surface area contributed by atoms with Crippen molar-refractivity contribution in [2.24, 2.45) is 29.1 Å². The van der Waals surface area contributed by atoms with E-state index in [0.29, 0.717) is 5.92 Å². The van der Waals surface area contributed by atoms with Gasteiger partial charge >= 0.3 is 0 Å². The van der Waals surface area contributed by atoms with Crippen LogP contribution in [0.4, 0.5) is 5.69 Å². The fourth-order valence-electron chi connectivity index (χ4n) is 6.96. The highest BCUT2D eigenvalue weighted by Gasteiger charge is 2.54. The Hall–Kier alpha value is -2.04. The third-order valence-electron chi connectivity index (χ3n) is 8.25. The molecule has 162 valence electrons. The SMILES string of the molecule is COc1ccc(N(C(=O)CNC(=O)C23CC4CC(CC(C4)C2)C3)C(C)C2CC2)cc1. The van der Waals surface area contributed by atoms with Crippen LogP contribution in [0.25, 0.3) is 0 Å². The van der Waals surface area contributed by atoms with E-state index in [4.69, 9.17) is 4.74 Å². The van der Waals surface area contributed by atoms with Gasteiger partial charge in [-0.1, -0.05) is 0 Å². The summed E-state index contributed by atoms with van der Waals surface area (Å²) in [7, 11) is 1.64. The van der Waals surface area contributed by atoms with Crippen LogP contribution in [-0.4, -0.2) is 31.5 Å². The highest BCUT2D eigenvalue weighted by molar-refractivity contribution is 5.98. The summed E-state index contributed by atoms with van der Waals surface area (Å²) in [6, 6.07) is 7.81. The van der Waals surface area contributed by atoms with E-state index in [-0.39, 0.29) is 29.8 Å². The number of methoxy groups -OCH3 is 1. The third-order valence-corrected chi connectivity index (χ3v) is 8.25. The number of hydrogen-bond donors (Lipinski definition) is 1. The lowest BCUT2D eigenvalue weighted by molar-refractivity contribution is -0.147. The van der Waals surface area contributed by atoms with Crippen LogP contribution >= 0.6 is 0 Å². The molecule has 5 fully saturated rings. The number of amides is 2. The minimum absolute atomic E-state index is 0.0161. The van der Waals surface area contributed by atoms with Gasteiger partial charge in [-0.05, 0) is 106 Å². The number of carbonyl (C=O) groups is 2. The molecular formula is C25H34N2O3. The molecule has 2 amide bonds. The van der Waals surface area contributed by atoms with Crippen molar-refractivity contribution < 1.29 is 14.3 Å². The maximum atomic E-state index is 13.3. The van der Waals surface area contributed by atoms with Crippen molar-refractivity contribution in [3.8, 4) is 5.75 Å². The Morgan fingerprint density at radius 2 is 1.63 bits per heavy atom. The Morgan fingerprint density at radius 3 is 2.13 bits per heavy atom. The van der Waals surface area contributed by atoms with Crippen LogP contribution in [0.2, 0.25) is 0 Å². The van der Waals surface area contributed by atoms with E-state index in [1.807, 2.05) is 29.2 Å². The number of nitrogens with one attached hydrogen (secondary N) is 1. The smallest absolute Gasteiger partial charge is 0.246 e. The highest BCUT2D eigenvalue weighted by Crippen LogP contribution is 2.60. The molecule has 0 saturated heterocycles. The fourth-order valence-corrected chi connectivity index (χ4v) is 6.96. The standard InChI is InChI=1S/C25H34N2O3/c1-16(20-3-4-20)27(21-5-7-22(30-2)8-6-21)23(28)15-26-24(29)25-12-17-9-18(13-25)11-19(10-17)14-25/h5-8,16-20H,3-4,9-15H2,1-2H3,(H,26,29). The van der Waals surface area contributed by atoms with Gasteiger partial charge in [0.2, 0.25) is 11.8 Å². The topological polar surface area (TPSA) is 58.6 Å². The minimum atomic E-state index is -0.206. The van der Waals surface area contributed by atoms with E-state index in [0.717, 1.165) is 48.5 Å². The van der Waals surface area contributed by atoms with Gasteiger partial charge in [-0.25, -0.2) is 0 Å². The first-order valence-electron chi connectivity index (χ1n) is 11.7. The van der Waals surface area contributed by atoms with Crippen molar-refractivity contribution in [3.63, 3.8) is 0 Å². The molecule has 1 unspecified atom stereocenters. The van der Waals surface area contributed by atoms with E-state index in [2.05, 4.69) is 12.2 Å². The third kappa shape index (κ3) is 3.61. The molecule has 0 aliphatic heterocycles. The summed E-state index contributed by atoms with van der Waals surface area (Å²) in [4.78, 5) is 28.4. The molecular weight excluding hydrogens is 376 g/mol. The van der Waals surface area contributed by atoms with Crippen LogP contribution in [0.1, 0.15) is 58.3 Å². The number of carbonyl (C=O) groups excluding carboxylic acids is 2. The normalized spacial score (nSPS) is 32.5. The Morgan fingerprint density at radius 1 is 1.07 bits per heavy atom. The lowest BCUT2D eigenvalue weighted by atomic mass is 9.49. The Bertz CT molecular complexity index is 779. The van der Waals surface area contributed by atoms with E-state index in [1.54, 1.807) is 7.11 Å². The van der Waals surface area contributed by atoms with Crippen LogP contribution in [0.15, 0.2) is 24.3 Å². The quantitative estimate of drug-likeness (QED) is 0.734. The van der Waals surface area contributed by atoms with E-state index >= 15 is 0 Å². The summed E-state index contributed by atoms with van der Waals surface area (Å²) in [6.07, 6.45) is 9.36. The van der Waals surface area contributed by atoms with Crippen molar-refractivity contribution >= 4 is 17.5 Å². The Labute approximate surface area is 179 Å². The van der Waals surface area contributed by atoms with Gasteiger partial charge in [0.05, 0.1) is 13.7 Å². The molecule has 30 heavy (non-hydrogen) atoms. The molecule has 1 atom stereocenters. The lowest BCUT2D eigenvalue weighted by Crippen LogP contribution is -2.55. The van der Waals surface area contributed by atoms with Crippen molar-refractivity contribution in [2.75, 3.05) is 18.6 Å². The molecule has 1 N–H and O–H groups in total. The predicted molar refractivity (Wildman–Crippen MR) is 116 cm³/mol. The van der Waals surface area contributed by atoms with E-state index in [1.165, 1.54) is 32.1 Å². The van der Waals surface area contributed by atoms with Crippen LogP contribution in [0, 0.1) is 29.1 Å². The summed E-state index contributed by atoms with van der Waals surface area (Å²) in [5, 5.41) is 3.07. The maximum absolute atomic E-state index is 13.3. The molecule has 5 saturated carbocycles. The first kappa shape index (κ1) is 19.9. The first-order chi connectivity index (χ1) is 14.5. The van der Waals surface area contributed by atoms with Gasteiger partial charge in [0.25, 0.3) is 0 Å². The number of benzene rings is 1. The van der Waals surface area contributed by atoms with Gasteiger partial charge < -0.3 is 15.0 Å². The molecule has 0 radical (unpaired) electrons. The van der Waals surface area contributed by atoms with Gasteiger partial charge in [0.1, 0.15) is 5.75 Å². The van der Waals surface area contributed by atoms with Gasteiger partial charge in [0, 0.05) is 17.1 Å². The van der Waals surface area contributed by atoms with Gasteiger partial charge in [-0.3, -0.25) is 9.59 Å². The number of anilines is 1. The molecule has 0 spiro atoms. The first-order valence-corrected chi connectivity index (χ1v) is 11.7. The Kier molecular flexibility index (Phi) is 5.03. The second-order valence-electron chi connectivity index (χ2n) is 10.4. The van der Waals surface area contributed by atoms with E-state index in [9.17, 15) is 9.59 Å². The molecule has 4 bridgehead atoms. The van der Waals surface area contributed by atoms with Crippen molar-refractivity contribution in [3.05, 3.63) is 24.3 Å². The van der Waals surface area contributed by atoms with Crippen LogP contribution in [-0.2, 0) is 9.59 Å². The van der Waals surface area contributed by atoms with Gasteiger partial charge in [-0.2, -0.15) is 0 Å². The average molecular weight is 411 g/mol. The number of nitrogens with zero attached hydrogens (tertiary/aromatic N) is 1. The van der Waals surface area contributed by atoms with Gasteiger partial charge in [-0.15, -0.1) is 0 Å². The zero-order valence-electron chi connectivity index (χ0n) is 18.2. The summed E-state index contributed by atoms with van der Waals surface area (Å²) in [5.74, 6) is 3.62. The number of hydrogen-bond acceptors (Lipinski definition) is 3. The molecule has 5 aliphatic rings. The van der Waals surface area contributed by atoms with Crippen LogP contribution in [0.3, 0.4) is 0 Å². The molecule has 1 aromatic rings. The van der Waals surface area contributed by atoms with Crippen molar-refractivity contribution in [1.82, 2.24) is 5.32 Å². The molecule has 5 aliphatic carbocycles. The summed E-state index contributed by atoms with van der Waals surface area (Å²) >= 11 is 0. The monoisotopic (exact) mass is 410 g/mol. The zero-order chi connectivity index (χ0) is 20.9. The average Bonchev–Trinajstić information content (AvgIpc) is 3.57. The van der Waals surface area contributed by atoms with Crippen LogP contribution in [0.5, 0.6) is 5.75 Å². The molecule has 0 aromatic heterocycles. The maximum Gasteiger partial charge on any atom is 0.246 e. The number of ether oxygens (including phenoxy) is 1. The summed E-state index contributed by atoms with van der Waals surface area (Å²) in [6.45, 7) is 2.21. The predicted octanol–water partition coefficient (Wildman–Crippen LogP) is 4.16. The highest BCUT2D eigenvalue weighted by atomic mass is 16.5. The second kappa shape index (κ2) is 7.58.